The van der Waals surface area contributed by atoms with E-state index >= 15 is 0 Å². The van der Waals surface area contributed by atoms with Crippen LogP contribution in [0.4, 0.5) is 0 Å². The Hall–Kier alpha value is -2.41. The second kappa shape index (κ2) is 7.68. The van der Waals surface area contributed by atoms with Crippen LogP contribution in [0.15, 0.2) is 84.9 Å². The maximum absolute atomic E-state index is 3.30. The summed E-state index contributed by atoms with van der Waals surface area (Å²) in [6.07, 6.45) is 2.10. The zero-order chi connectivity index (χ0) is 17.3. The zero-order valence-corrected chi connectivity index (χ0v) is 16.6. The van der Waals surface area contributed by atoms with E-state index in [1.165, 1.54) is 44.5 Å². The van der Waals surface area contributed by atoms with Crippen LogP contribution in [0.1, 0.15) is 22.3 Å². The van der Waals surface area contributed by atoms with Gasteiger partial charge in [0.15, 0.2) is 0 Å². The molecule has 0 atom stereocenters. The van der Waals surface area contributed by atoms with Crippen LogP contribution in [0.25, 0.3) is 22.3 Å². The minimum absolute atomic E-state index is 0. The van der Waals surface area contributed by atoms with E-state index < -0.39 is 0 Å². The first kappa shape index (κ1) is 18.0. The third kappa shape index (κ3) is 3.32. The standard InChI is InChI=1S/2C13H9.Ti/c2*1-3-7-12-10(5-1)9-11-6-2-4-8-13(11)12;/h2*1-5,7-8H,9H2;/q2*-1;+2. The summed E-state index contributed by atoms with van der Waals surface area (Å²) in [5.41, 5.74) is 11.0. The van der Waals surface area contributed by atoms with Gasteiger partial charge >= 0.3 is 21.7 Å². The van der Waals surface area contributed by atoms with Gasteiger partial charge in [-0.05, 0) is 12.8 Å². The van der Waals surface area contributed by atoms with Crippen molar-refractivity contribution in [3.8, 4) is 22.3 Å². The van der Waals surface area contributed by atoms with Crippen LogP contribution in [0, 0.1) is 12.1 Å². The molecule has 4 aromatic rings. The summed E-state index contributed by atoms with van der Waals surface area (Å²) in [6.45, 7) is 0. The molecule has 0 heterocycles. The van der Waals surface area contributed by atoms with Crippen LogP contribution in [0.5, 0.6) is 0 Å². The summed E-state index contributed by atoms with van der Waals surface area (Å²) in [4.78, 5) is 0. The Balaban J connectivity index is 0.000000129. The van der Waals surface area contributed by atoms with Gasteiger partial charge in [0.25, 0.3) is 0 Å². The van der Waals surface area contributed by atoms with E-state index in [2.05, 4.69) is 84.9 Å². The average molecular weight is 378 g/mol. The predicted octanol–water partition coefficient (Wildman–Crippen LogP) is 6.11. The van der Waals surface area contributed by atoms with Gasteiger partial charge in [0.1, 0.15) is 0 Å². The minimum atomic E-state index is 0. The molecule has 1 heteroatoms. The molecular weight excluding hydrogens is 360 g/mol. The van der Waals surface area contributed by atoms with Crippen LogP contribution in [0.2, 0.25) is 0 Å². The van der Waals surface area contributed by atoms with Gasteiger partial charge in [-0.1, -0.05) is 70.8 Å². The fourth-order valence-electron chi connectivity index (χ4n) is 4.00. The Morgan fingerprint density at radius 2 is 0.889 bits per heavy atom. The number of rotatable bonds is 0. The van der Waals surface area contributed by atoms with Crippen LogP contribution in [0.3, 0.4) is 0 Å². The smallest absolute Gasteiger partial charge is 0.179 e. The molecular formula is C26H18Ti. The van der Waals surface area contributed by atoms with Crippen molar-refractivity contribution in [3.05, 3.63) is 119 Å². The molecule has 0 saturated heterocycles. The van der Waals surface area contributed by atoms with Gasteiger partial charge < -0.3 is 0 Å². The molecule has 2 aliphatic carbocycles. The van der Waals surface area contributed by atoms with Crippen LogP contribution >= 0.6 is 0 Å². The van der Waals surface area contributed by atoms with Gasteiger partial charge in [-0.25, -0.2) is 0 Å². The summed E-state index contributed by atoms with van der Waals surface area (Å²) < 4.78 is 0. The third-order valence-corrected chi connectivity index (χ3v) is 5.23. The second-order valence-electron chi connectivity index (χ2n) is 6.79. The predicted molar refractivity (Wildman–Crippen MR) is 107 cm³/mol. The quantitative estimate of drug-likeness (QED) is 0.221. The number of hydrogen-bond acceptors (Lipinski definition) is 0. The van der Waals surface area contributed by atoms with Crippen molar-refractivity contribution < 1.29 is 21.7 Å². The van der Waals surface area contributed by atoms with Gasteiger partial charge in [0, 0.05) is 0 Å². The molecule has 0 aromatic heterocycles. The third-order valence-electron chi connectivity index (χ3n) is 5.23. The van der Waals surface area contributed by atoms with E-state index in [0.717, 1.165) is 12.8 Å². The van der Waals surface area contributed by atoms with E-state index in [9.17, 15) is 0 Å². The molecule has 0 radical (unpaired) electrons. The normalized spacial score (nSPS) is 11.9. The summed E-state index contributed by atoms with van der Waals surface area (Å²) in [7, 11) is 0. The molecule has 6 rings (SSSR count). The minimum Gasteiger partial charge on any atom is -0.179 e. The molecule has 0 saturated carbocycles. The van der Waals surface area contributed by atoms with Gasteiger partial charge in [-0.15, -0.1) is 11.1 Å². The number of benzene rings is 4. The largest absolute Gasteiger partial charge is 2.00 e. The Morgan fingerprint density at radius 3 is 1.37 bits per heavy atom. The van der Waals surface area contributed by atoms with Gasteiger partial charge in [0.2, 0.25) is 0 Å². The van der Waals surface area contributed by atoms with Crippen molar-refractivity contribution in [2.75, 3.05) is 0 Å². The molecule has 0 fully saturated rings. The molecule has 0 aliphatic heterocycles. The van der Waals surface area contributed by atoms with E-state index in [1.54, 1.807) is 0 Å². The van der Waals surface area contributed by atoms with E-state index in [0.29, 0.717) is 0 Å². The Bertz CT molecular complexity index is 918. The van der Waals surface area contributed by atoms with E-state index in [1.807, 2.05) is 12.1 Å². The van der Waals surface area contributed by atoms with Crippen molar-refractivity contribution >= 4 is 0 Å². The molecule has 0 nitrogen and oxygen atoms in total. The summed E-state index contributed by atoms with van der Waals surface area (Å²) in [5.74, 6) is 0. The molecule has 27 heavy (non-hydrogen) atoms. The SMILES string of the molecule is [Ti+2].[c-]1cccc2c1Cc1ccccc1-2.[c-]1cccc2c1Cc1ccccc1-2. The van der Waals surface area contributed by atoms with Crippen LogP contribution < -0.4 is 0 Å². The fourth-order valence-corrected chi connectivity index (χ4v) is 4.00. The fraction of sp³-hybridized carbons (Fsp3) is 0.0769. The molecule has 0 bridgehead atoms. The number of hydrogen-bond donors (Lipinski definition) is 0. The van der Waals surface area contributed by atoms with Gasteiger partial charge in [-0.3, -0.25) is 0 Å². The first-order valence-electron chi connectivity index (χ1n) is 9.06. The first-order valence-corrected chi connectivity index (χ1v) is 9.06. The molecule has 0 unspecified atom stereocenters. The molecule has 0 spiro atoms. The Morgan fingerprint density at radius 1 is 0.481 bits per heavy atom. The average Bonchev–Trinajstić information content (AvgIpc) is 3.27. The molecule has 0 N–H and O–H groups in total. The Kier molecular flexibility index (Phi) is 5.12. The van der Waals surface area contributed by atoms with Crippen LogP contribution in [-0.2, 0) is 34.6 Å². The maximum Gasteiger partial charge on any atom is 2.00 e. The van der Waals surface area contributed by atoms with Crippen molar-refractivity contribution in [3.63, 3.8) is 0 Å². The van der Waals surface area contributed by atoms with Crippen molar-refractivity contribution in [2.24, 2.45) is 0 Å². The maximum atomic E-state index is 3.30. The monoisotopic (exact) mass is 378 g/mol. The van der Waals surface area contributed by atoms with Crippen molar-refractivity contribution in [2.45, 2.75) is 12.8 Å². The van der Waals surface area contributed by atoms with Crippen molar-refractivity contribution in [1.29, 1.82) is 0 Å². The molecule has 126 valence electrons. The van der Waals surface area contributed by atoms with E-state index in [4.69, 9.17) is 0 Å². The first-order chi connectivity index (χ1) is 12.9. The summed E-state index contributed by atoms with van der Waals surface area (Å²) in [6, 6.07) is 36.2. The molecule has 0 amide bonds. The van der Waals surface area contributed by atoms with Gasteiger partial charge in [-0.2, -0.15) is 59.7 Å². The van der Waals surface area contributed by atoms with Crippen LogP contribution in [-0.4, -0.2) is 0 Å². The summed E-state index contributed by atoms with van der Waals surface area (Å²) >= 11 is 0. The van der Waals surface area contributed by atoms with Gasteiger partial charge in [0.05, 0.1) is 0 Å². The van der Waals surface area contributed by atoms with Crippen molar-refractivity contribution in [1.82, 2.24) is 0 Å². The molecule has 4 aromatic carbocycles. The molecule has 2 aliphatic rings. The van der Waals surface area contributed by atoms with E-state index in [-0.39, 0.29) is 21.7 Å². The zero-order valence-electron chi connectivity index (χ0n) is 15.0. The number of fused-ring (bicyclic) bond motifs is 6. The Labute approximate surface area is 175 Å². The topological polar surface area (TPSA) is 0 Å². The second-order valence-corrected chi connectivity index (χ2v) is 6.79. The summed E-state index contributed by atoms with van der Waals surface area (Å²) in [5, 5.41) is 0.